The fourth-order valence-corrected chi connectivity index (χ4v) is 4.86. The van der Waals surface area contributed by atoms with Gasteiger partial charge in [0, 0.05) is 12.2 Å². The maximum Gasteiger partial charge on any atom is 0.212 e. The molecule has 0 fully saturated rings. The van der Waals surface area contributed by atoms with Crippen LogP contribution in [0.15, 0.2) is 47.2 Å². The normalized spacial score (nSPS) is 12.8. The van der Waals surface area contributed by atoms with Gasteiger partial charge in [-0.3, -0.25) is 4.68 Å². The van der Waals surface area contributed by atoms with Crippen LogP contribution in [0.1, 0.15) is 28.6 Å². The van der Waals surface area contributed by atoms with Gasteiger partial charge < -0.3 is 4.74 Å². The molecule has 1 aromatic carbocycles. The molecule has 2 aromatic heterocycles. The van der Waals surface area contributed by atoms with Crippen LogP contribution in [0.25, 0.3) is 0 Å². The molecular formula is C20H25N3O3S2. The molecule has 3 rings (SSSR count). The summed E-state index contributed by atoms with van der Waals surface area (Å²) in [6, 6.07) is 11.3. The zero-order chi connectivity index (χ0) is 20.1. The Morgan fingerprint density at radius 2 is 1.96 bits per heavy atom. The van der Waals surface area contributed by atoms with Crippen molar-refractivity contribution in [3.63, 3.8) is 0 Å². The summed E-state index contributed by atoms with van der Waals surface area (Å²) >= 11 is 1.59. The van der Waals surface area contributed by atoms with E-state index in [1.165, 1.54) is 0 Å². The first-order chi connectivity index (χ1) is 13.4. The molecule has 8 heteroatoms. The number of aryl methyl sites for hydroxylation is 3. The zero-order valence-electron chi connectivity index (χ0n) is 16.3. The summed E-state index contributed by atoms with van der Waals surface area (Å²) in [7, 11) is -1.81. The molecule has 1 N–H and O–H groups in total. The van der Waals surface area contributed by atoms with Gasteiger partial charge in [-0.25, -0.2) is 13.1 Å². The third-order valence-corrected chi connectivity index (χ3v) is 6.63. The molecule has 0 bridgehead atoms. The van der Waals surface area contributed by atoms with Gasteiger partial charge in [0.05, 0.1) is 24.6 Å². The molecule has 28 heavy (non-hydrogen) atoms. The third-order valence-electron chi connectivity index (χ3n) is 4.58. The Hall–Kier alpha value is -2.16. The van der Waals surface area contributed by atoms with E-state index in [0.717, 1.165) is 28.3 Å². The van der Waals surface area contributed by atoms with Crippen molar-refractivity contribution in [2.75, 3.05) is 19.4 Å². The lowest BCUT2D eigenvalue weighted by molar-refractivity contribution is 0.414. The first-order valence-electron chi connectivity index (χ1n) is 9.03. The number of ether oxygens (including phenoxy) is 1. The van der Waals surface area contributed by atoms with Gasteiger partial charge in [0.2, 0.25) is 10.0 Å². The van der Waals surface area contributed by atoms with Crippen LogP contribution in [-0.2, 0) is 16.4 Å². The summed E-state index contributed by atoms with van der Waals surface area (Å²) in [4.78, 5) is 0. The number of hydrogen-bond acceptors (Lipinski definition) is 5. The summed E-state index contributed by atoms with van der Waals surface area (Å²) in [6.45, 7) is 4.19. The molecule has 2 heterocycles. The second-order valence-electron chi connectivity index (χ2n) is 6.71. The fraction of sp³-hybridized carbons (Fsp3) is 0.350. The van der Waals surface area contributed by atoms with Crippen molar-refractivity contribution in [1.29, 1.82) is 0 Å². The predicted molar refractivity (Wildman–Crippen MR) is 113 cm³/mol. The van der Waals surface area contributed by atoms with Crippen molar-refractivity contribution in [3.8, 4) is 5.75 Å². The Labute approximate surface area is 170 Å². The van der Waals surface area contributed by atoms with E-state index in [1.807, 2.05) is 65.7 Å². The largest absolute Gasteiger partial charge is 0.497 e. The van der Waals surface area contributed by atoms with Gasteiger partial charge in [0.25, 0.3) is 0 Å². The maximum absolute atomic E-state index is 12.6. The number of sulfonamides is 1. The Balaban J connectivity index is 1.67. The topological polar surface area (TPSA) is 73.2 Å². The minimum atomic E-state index is -3.41. The van der Waals surface area contributed by atoms with Crippen molar-refractivity contribution < 1.29 is 13.2 Å². The third kappa shape index (κ3) is 5.21. The molecule has 0 spiro atoms. The minimum absolute atomic E-state index is 0.0345. The second kappa shape index (κ2) is 8.89. The molecule has 0 aliphatic rings. The molecule has 3 aromatic rings. The van der Waals surface area contributed by atoms with E-state index < -0.39 is 10.0 Å². The quantitative estimate of drug-likeness (QED) is 0.577. The average molecular weight is 420 g/mol. The van der Waals surface area contributed by atoms with Gasteiger partial charge >= 0.3 is 0 Å². The van der Waals surface area contributed by atoms with Crippen LogP contribution in [0.2, 0.25) is 0 Å². The average Bonchev–Trinajstić information content (AvgIpc) is 3.31. The molecule has 0 saturated heterocycles. The molecule has 0 saturated carbocycles. The van der Waals surface area contributed by atoms with Gasteiger partial charge in [0.1, 0.15) is 5.75 Å². The molecule has 150 valence electrons. The lowest BCUT2D eigenvalue weighted by atomic mass is 10.1. The molecule has 1 atom stereocenters. The summed E-state index contributed by atoms with van der Waals surface area (Å²) in [5.74, 6) is 0.792. The number of aromatic nitrogens is 2. The van der Waals surface area contributed by atoms with E-state index in [2.05, 4.69) is 9.82 Å². The monoisotopic (exact) mass is 419 g/mol. The van der Waals surface area contributed by atoms with Crippen LogP contribution in [0.5, 0.6) is 5.75 Å². The minimum Gasteiger partial charge on any atom is -0.497 e. The Kier molecular flexibility index (Phi) is 6.53. The lowest BCUT2D eigenvalue weighted by Crippen LogP contribution is -2.34. The SMILES string of the molecule is COc1ccc(CCS(=O)(=O)NC[C@@H](c2ccsc2)n2nc(C)cc2C)cc1. The van der Waals surface area contributed by atoms with E-state index in [-0.39, 0.29) is 18.3 Å². The number of thiophene rings is 1. The standard InChI is InChI=1S/C20H25N3O3S2/c1-15-12-16(2)23(22-15)20(18-8-10-27-14-18)13-21-28(24,25)11-9-17-4-6-19(26-3)7-5-17/h4-8,10,12,14,20-21H,9,11,13H2,1-3H3/t20-/m0/s1. The number of methoxy groups -OCH3 is 1. The summed E-state index contributed by atoms with van der Waals surface area (Å²) in [5.41, 5.74) is 3.93. The summed E-state index contributed by atoms with van der Waals surface area (Å²) in [5, 5.41) is 8.58. The molecule has 0 amide bonds. The summed E-state index contributed by atoms with van der Waals surface area (Å²) < 4.78 is 34.9. The number of nitrogens with zero attached hydrogens (tertiary/aromatic N) is 2. The predicted octanol–water partition coefficient (Wildman–Crippen LogP) is 3.32. The summed E-state index contributed by atoms with van der Waals surface area (Å²) in [6.07, 6.45) is 0.447. The van der Waals surface area contributed by atoms with Crippen LogP contribution in [0.4, 0.5) is 0 Å². The first-order valence-corrected chi connectivity index (χ1v) is 11.6. The van der Waals surface area contributed by atoms with E-state index in [0.29, 0.717) is 6.42 Å². The number of nitrogens with one attached hydrogen (secondary N) is 1. The molecule has 6 nitrogen and oxygen atoms in total. The van der Waals surface area contributed by atoms with Crippen LogP contribution in [-0.4, -0.2) is 37.6 Å². The van der Waals surface area contributed by atoms with Crippen molar-refractivity contribution in [1.82, 2.24) is 14.5 Å². The Morgan fingerprint density at radius 3 is 2.54 bits per heavy atom. The highest BCUT2D eigenvalue weighted by atomic mass is 32.2. The maximum atomic E-state index is 12.6. The van der Waals surface area contributed by atoms with Crippen molar-refractivity contribution in [2.24, 2.45) is 0 Å². The van der Waals surface area contributed by atoms with Crippen molar-refractivity contribution in [3.05, 3.63) is 69.7 Å². The van der Waals surface area contributed by atoms with Gasteiger partial charge in [-0.1, -0.05) is 12.1 Å². The van der Waals surface area contributed by atoms with Gasteiger partial charge in [0.15, 0.2) is 0 Å². The van der Waals surface area contributed by atoms with Gasteiger partial charge in [-0.2, -0.15) is 16.4 Å². The number of hydrogen-bond donors (Lipinski definition) is 1. The molecule has 0 aliphatic heterocycles. The fourth-order valence-electron chi connectivity index (χ4n) is 3.09. The smallest absolute Gasteiger partial charge is 0.212 e. The van der Waals surface area contributed by atoms with E-state index in [1.54, 1.807) is 18.4 Å². The highest BCUT2D eigenvalue weighted by molar-refractivity contribution is 7.89. The zero-order valence-corrected chi connectivity index (χ0v) is 17.9. The van der Waals surface area contributed by atoms with E-state index >= 15 is 0 Å². The molecular weight excluding hydrogens is 394 g/mol. The Bertz CT molecular complexity index is 994. The van der Waals surface area contributed by atoms with Crippen LogP contribution < -0.4 is 9.46 Å². The molecule has 0 aliphatic carbocycles. The second-order valence-corrected chi connectivity index (χ2v) is 9.42. The van der Waals surface area contributed by atoms with E-state index in [9.17, 15) is 8.42 Å². The van der Waals surface area contributed by atoms with Crippen LogP contribution in [0, 0.1) is 13.8 Å². The van der Waals surface area contributed by atoms with Gasteiger partial charge in [-0.15, -0.1) is 0 Å². The number of benzene rings is 1. The van der Waals surface area contributed by atoms with Crippen LogP contribution in [0.3, 0.4) is 0 Å². The van der Waals surface area contributed by atoms with Gasteiger partial charge in [-0.05, 0) is 66.4 Å². The number of rotatable bonds is 9. The van der Waals surface area contributed by atoms with Crippen molar-refractivity contribution >= 4 is 21.4 Å². The van der Waals surface area contributed by atoms with Crippen LogP contribution >= 0.6 is 11.3 Å². The molecule has 0 radical (unpaired) electrons. The van der Waals surface area contributed by atoms with Crippen molar-refractivity contribution in [2.45, 2.75) is 26.3 Å². The highest BCUT2D eigenvalue weighted by Crippen LogP contribution is 2.22. The highest BCUT2D eigenvalue weighted by Gasteiger charge is 2.20. The Morgan fingerprint density at radius 1 is 1.21 bits per heavy atom. The van der Waals surface area contributed by atoms with E-state index in [4.69, 9.17) is 4.74 Å². The lowest BCUT2D eigenvalue weighted by Gasteiger charge is -2.19. The molecule has 0 unspecified atom stereocenters. The first kappa shape index (κ1) is 20.6.